The predicted octanol–water partition coefficient (Wildman–Crippen LogP) is -0.372. The minimum absolute atomic E-state index is 0.0335. The first kappa shape index (κ1) is 11.8. The molecule has 2 fully saturated rings. The molecule has 16 heavy (non-hydrogen) atoms. The number of carbonyl (C=O) groups excluding carboxylic acids is 1. The van der Waals surface area contributed by atoms with Crippen LogP contribution in [0.25, 0.3) is 0 Å². The number of aliphatic hydroxyl groups excluding tert-OH is 1. The van der Waals surface area contributed by atoms with Crippen molar-refractivity contribution in [2.75, 3.05) is 21.3 Å². The van der Waals surface area contributed by atoms with Crippen LogP contribution in [0, 0.1) is 5.92 Å². The van der Waals surface area contributed by atoms with E-state index in [2.05, 4.69) is 4.90 Å². The molecule has 5 atom stereocenters. The summed E-state index contributed by atoms with van der Waals surface area (Å²) in [6.45, 7) is 0. The Hall–Kier alpha value is -0.650. The number of piperidine rings is 1. The third-order valence-electron chi connectivity index (χ3n) is 4.04. The highest BCUT2D eigenvalue weighted by Crippen LogP contribution is 2.39. The summed E-state index contributed by atoms with van der Waals surface area (Å²) in [6, 6.07) is 0.247. The van der Waals surface area contributed by atoms with Crippen molar-refractivity contribution in [3.05, 3.63) is 0 Å². The van der Waals surface area contributed by atoms with Crippen molar-refractivity contribution in [2.24, 2.45) is 5.92 Å². The van der Waals surface area contributed by atoms with Crippen LogP contribution in [-0.4, -0.2) is 61.5 Å². The minimum atomic E-state index is -0.612. The lowest BCUT2D eigenvalue weighted by Gasteiger charge is -2.39. The molecular formula is C11H19NO4. The molecule has 0 saturated carbocycles. The van der Waals surface area contributed by atoms with E-state index in [1.807, 2.05) is 7.05 Å². The Kier molecular flexibility index (Phi) is 3.19. The van der Waals surface area contributed by atoms with Crippen molar-refractivity contribution in [1.82, 2.24) is 4.90 Å². The van der Waals surface area contributed by atoms with Crippen LogP contribution < -0.4 is 0 Å². The van der Waals surface area contributed by atoms with Gasteiger partial charge < -0.3 is 14.6 Å². The van der Waals surface area contributed by atoms with Gasteiger partial charge in [-0.1, -0.05) is 0 Å². The zero-order valence-corrected chi connectivity index (χ0v) is 9.92. The van der Waals surface area contributed by atoms with Crippen LogP contribution in [0.4, 0.5) is 0 Å². The number of ether oxygens (including phenoxy) is 2. The largest absolute Gasteiger partial charge is 0.469 e. The summed E-state index contributed by atoms with van der Waals surface area (Å²) in [7, 11) is 5.03. The molecule has 0 amide bonds. The molecule has 0 aromatic carbocycles. The lowest BCUT2D eigenvalue weighted by atomic mass is 9.88. The number of fused-ring (bicyclic) bond motifs is 2. The highest BCUT2D eigenvalue weighted by Gasteiger charge is 2.53. The van der Waals surface area contributed by atoms with Crippen LogP contribution in [0.5, 0.6) is 0 Å². The Labute approximate surface area is 95.3 Å². The summed E-state index contributed by atoms with van der Waals surface area (Å²) in [5.41, 5.74) is 0. The normalized spacial score (nSPS) is 43.4. The van der Waals surface area contributed by atoms with E-state index in [9.17, 15) is 9.90 Å². The van der Waals surface area contributed by atoms with Crippen LogP contribution >= 0.6 is 0 Å². The average Bonchev–Trinajstić information content (AvgIpc) is 2.48. The van der Waals surface area contributed by atoms with E-state index in [4.69, 9.17) is 9.47 Å². The summed E-state index contributed by atoms with van der Waals surface area (Å²) in [4.78, 5) is 13.8. The Balaban J connectivity index is 2.21. The van der Waals surface area contributed by atoms with E-state index in [0.717, 1.165) is 6.42 Å². The van der Waals surface area contributed by atoms with Crippen molar-refractivity contribution in [1.29, 1.82) is 0 Å². The lowest BCUT2D eigenvalue weighted by Crippen LogP contribution is -2.53. The molecule has 0 aromatic rings. The summed E-state index contributed by atoms with van der Waals surface area (Å²) in [6.07, 6.45) is 0.859. The first-order chi connectivity index (χ1) is 7.60. The number of likely N-dealkylation sites (N-methyl/N-ethyl adjacent to an activating group) is 1. The number of nitrogens with zero attached hydrogens (tertiary/aromatic N) is 1. The van der Waals surface area contributed by atoms with Gasteiger partial charge in [-0.05, 0) is 19.9 Å². The summed E-state index contributed by atoms with van der Waals surface area (Å²) < 4.78 is 10.2. The van der Waals surface area contributed by atoms with Crippen molar-refractivity contribution in [3.8, 4) is 0 Å². The molecular weight excluding hydrogens is 210 g/mol. The van der Waals surface area contributed by atoms with Crippen molar-refractivity contribution in [2.45, 2.75) is 37.1 Å². The Bertz CT molecular complexity index is 283. The van der Waals surface area contributed by atoms with Gasteiger partial charge in [0, 0.05) is 19.2 Å². The minimum Gasteiger partial charge on any atom is -0.469 e. The molecule has 2 saturated heterocycles. The lowest BCUT2D eigenvalue weighted by molar-refractivity contribution is -0.155. The van der Waals surface area contributed by atoms with Crippen LogP contribution in [-0.2, 0) is 14.3 Å². The first-order valence-corrected chi connectivity index (χ1v) is 5.60. The molecule has 0 aromatic heterocycles. The molecule has 0 spiro atoms. The molecule has 2 aliphatic heterocycles. The fourth-order valence-corrected chi connectivity index (χ4v) is 3.14. The standard InChI is InChI=1S/C11H19NO4/c1-12-6-4-8(13)10(11(14)16-3)7(12)5-9(6)15-2/h6-10,13H,4-5H2,1-3H3/t6-,7-,8+,9+,10+/m1/s1. The number of hydrogen-bond acceptors (Lipinski definition) is 5. The van der Waals surface area contributed by atoms with Crippen molar-refractivity contribution < 1.29 is 19.4 Å². The Morgan fingerprint density at radius 2 is 2.00 bits per heavy atom. The number of hydrogen-bond donors (Lipinski definition) is 1. The van der Waals surface area contributed by atoms with Crippen LogP contribution in [0.3, 0.4) is 0 Å². The molecule has 5 heteroatoms. The highest BCUT2D eigenvalue weighted by molar-refractivity contribution is 5.74. The smallest absolute Gasteiger partial charge is 0.312 e. The van der Waals surface area contributed by atoms with Crippen LogP contribution in [0.2, 0.25) is 0 Å². The molecule has 5 nitrogen and oxygen atoms in total. The quantitative estimate of drug-likeness (QED) is 0.655. The van der Waals surface area contributed by atoms with Gasteiger partial charge in [0.05, 0.1) is 25.2 Å². The van der Waals surface area contributed by atoms with Crippen molar-refractivity contribution in [3.63, 3.8) is 0 Å². The fraction of sp³-hybridized carbons (Fsp3) is 0.909. The topological polar surface area (TPSA) is 59.0 Å². The number of aliphatic hydroxyl groups is 1. The fourth-order valence-electron chi connectivity index (χ4n) is 3.14. The maximum atomic E-state index is 11.7. The Morgan fingerprint density at radius 3 is 2.56 bits per heavy atom. The second-order valence-corrected chi connectivity index (χ2v) is 4.66. The van der Waals surface area contributed by atoms with E-state index < -0.39 is 12.0 Å². The zero-order chi connectivity index (χ0) is 11.9. The average molecular weight is 229 g/mol. The van der Waals surface area contributed by atoms with E-state index in [0.29, 0.717) is 6.42 Å². The maximum absolute atomic E-state index is 11.7. The van der Waals surface area contributed by atoms with Gasteiger partial charge >= 0.3 is 5.97 Å². The second-order valence-electron chi connectivity index (χ2n) is 4.66. The molecule has 2 heterocycles. The molecule has 2 aliphatic rings. The number of rotatable bonds is 2. The molecule has 0 unspecified atom stereocenters. The number of methoxy groups -OCH3 is 2. The predicted molar refractivity (Wildman–Crippen MR) is 56.9 cm³/mol. The summed E-state index contributed by atoms with van der Waals surface area (Å²) in [5, 5.41) is 10.00. The van der Waals surface area contributed by atoms with E-state index in [1.54, 1.807) is 7.11 Å². The van der Waals surface area contributed by atoms with Gasteiger partial charge in [0.25, 0.3) is 0 Å². The molecule has 92 valence electrons. The van der Waals surface area contributed by atoms with Gasteiger partial charge in [-0.2, -0.15) is 0 Å². The van der Waals surface area contributed by atoms with Gasteiger partial charge in [-0.3, -0.25) is 9.69 Å². The molecule has 1 N–H and O–H groups in total. The van der Waals surface area contributed by atoms with Gasteiger partial charge in [-0.15, -0.1) is 0 Å². The molecule has 0 radical (unpaired) electrons. The molecule has 2 bridgehead atoms. The van der Waals surface area contributed by atoms with E-state index in [-0.39, 0.29) is 24.2 Å². The van der Waals surface area contributed by atoms with E-state index >= 15 is 0 Å². The third kappa shape index (κ3) is 1.63. The van der Waals surface area contributed by atoms with Gasteiger partial charge in [0.2, 0.25) is 0 Å². The van der Waals surface area contributed by atoms with E-state index in [1.165, 1.54) is 7.11 Å². The van der Waals surface area contributed by atoms with Crippen molar-refractivity contribution >= 4 is 5.97 Å². The number of esters is 1. The van der Waals surface area contributed by atoms with Crippen LogP contribution in [0.15, 0.2) is 0 Å². The van der Waals surface area contributed by atoms with Gasteiger partial charge in [0.1, 0.15) is 0 Å². The molecule has 0 aliphatic carbocycles. The summed E-state index contributed by atoms with van der Waals surface area (Å²) >= 11 is 0. The second kappa shape index (κ2) is 4.31. The number of carbonyl (C=O) groups is 1. The monoisotopic (exact) mass is 229 g/mol. The third-order valence-corrected chi connectivity index (χ3v) is 4.04. The first-order valence-electron chi connectivity index (χ1n) is 5.60. The van der Waals surface area contributed by atoms with Gasteiger partial charge in [-0.25, -0.2) is 0 Å². The molecule has 2 rings (SSSR count). The zero-order valence-electron chi connectivity index (χ0n) is 9.92. The highest BCUT2D eigenvalue weighted by atomic mass is 16.5. The Morgan fingerprint density at radius 1 is 1.31 bits per heavy atom. The van der Waals surface area contributed by atoms with Gasteiger partial charge in [0.15, 0.2) is 0 Å². The summed E-state index contributed by atoms with van der Waals surface area (Å²) in [5.74, 6) is -0.758. The SMILES string of the molecule is COC(=O)[C@H]1[C@H]2C[C@H](OC)[C@@H](C[C@@H]1O)N2C. The van der Waals surface area contributed by atoms with Crippen LogP contribution in [0.1, 0.15) is 12.8 Å². The maximum Gasteiger partial charge on any atom is 0.312 e.